The van der Waals surface area contributed by atoms with E-state index in [9.17, 15) is 24.0 Å². The van der Waals surface area contributed by atoms with E-state index in [0.29, 0.717) is 47.5 Å². The lowest BCUT2D eigenvalue weighted by Gasteiger charge is -2.43. The van der Waals surface area contributed by atoms with Crippen LogP contribution in [0.1, 0.15) is 146 Å². The molecule has 14 nitrogen and oxygen atoms in total. The monoisotopic (exact) mass is 1060 g/mol. The zero-order chi connectivity index (χ0) is 55.3. The number of amides is 3. The minimum Gasteiger partial charge on any atom is -0.461 e. The number of esters is 2. The Labute approximate surface area is 448 Å². The predicted octanol–water partition coefficient (Wildman–Crippen LogP) is 11.3. The summed E-state index contributed by atoms with van der Waals surface area (Å²) < 4.78 is 30.2. The highest BCUT2D eigenvalue weighted by molar-refractivity contribution is 8.14. The summed E-state index contributed by atoms with van der Waals surface area (Å²) in [6.07, 6.45) is 3.54. The van der Waals surface area contributed by atoms with Crippen molar-refractivity contribution in [2.75, 3.05) is 39.7 Å². The van der Waals surface area contributed by atoms with Crippen molar-refractivity contribution in [1.29, 1.82) is 0 Å². The Kier molecular flexibility index (Phi) is 23.1. The minimum absolute atomic E-state index is 0.0000209. The summed E-state index contributed by atoms with van der Waals surface area (Å²) in [6, 6.07) is 13.5. The van der Waals surface area contributed by atoms with Crippen LogP contribution in [0.15, 0.2) is 66.2 Å². The summed E-state index contributed by atoms with van der Waals surface area (Å²) in [5.41, 5.74) is 2.99. The molecule has 0 aromatic heterocycles. The van der Waals surface area contributed by atoms with E-state index in [-0.39, 0.29) is 36.9 Å². The topological polar surface area (TPSA) is 171 Å². The first-order chi connectivity index (χ1) is 34.8. The number of hydrogen-bond donors (Lipinski definition) is 2. The first-order valence-corrected chi connectivity index (χ1v) is 30.0. The van der Waals surface area contributed by atoms with Gasteiger partial charge in [0.05, 0.1) is 22.6 Å². The maximum absolute atomic E-state index is 14.9. The summed E-state index contributed by atoms with van der Waals surface area (Å²) in [5.74, 6) is -2.75. The molecule has 1 heterocycles. The number of ether oxygens (including phenoxy) is 4. The molecule has 74 heavy (non-hydrogen) atoms. The van der Waals surface area contributed by atoms with Gasteiger partial charge in [-0.15, -0.1) is 11.8 Å². The molecule has 0 saturated heterocycles. The number of fused-ring (bicyclic) bond motifs is 3. The lowest BCUT2D eigenvalue weighted by Crippen LogP contribution is -2.58. The Hall–Kier alpha value is -4.51. The van der Waals surface area contributed by atoms with Crippen molar-refractivity contribution in [3.63, 3.8) is 0 Å². The Morgan fingerprint density at radius 3 is 1.97 bits per heavy atom. The van der Waals surface area contributed by atoms with Gasteiger partial charge in [0, 0.05) is 32.4 Å². The average molecular weight is 1060 g/mol. The van der Waals surface area contributed by atoms with Crippen LogP contribution >= 0.6 is 11.8 Å². The van der Waals surface area contributed by atoms with Gasteiger partial charge in [-0.25, -0.2) is 9.59 Å². The Balaban J connectivity index is 1.55. The molecule has 1 unspecified atom stereocenters. The van der Waals surface area contributed by atoms with Crippen LogP contribution in [0.4, 0.5) is 4.79 Å². The van der Waals surface area contributed by atoms with Gasteiger partial charge in [-0.1, -0.05) is 130 Å². The van der Waals surface area contributed by atoms with Gasteiger partial charge in [0.25, 0.3) is 5.91 Å². The standard InChI is InChI=1S/C58H90N4O10SSi/c1-18-24-43(68-17)30-29-40(10)50(57(13,14)55(66)69-32-19-2)72-53(64)42(12)59-51(63)49(39(9)31-33-71-74(36(3)4,37(5)6)38(7)8)62(16)54(65)58(15)35-73-52(61-58)41(11)60-56(67)70-34-48-46-27-22-20-25-44(46)45-26-21-23-28-47(45)48/h19-23,25-28,36-43,48-50H,2,18,24,29-35H2,1,3-17H3,(H,59,63)(H,60,67)/t39-,40+,41?,42-,43-,49-,50-,58-/m0/s1. The van der Waals surface area contributed by atoms with Gasteiger partial charge in [-0.3, -0.25) is 19.4 Å². The molecule has 0 spiro atoms. The largest absolute Gasteiger partial charge is 0.461 e. The predicted molar refractivity (Wildman–Crippen MR) is 300 cm³/mol. The van der Waals surface area contributed by atoms with E-state index in [1.807, 2.05) is 38.1 Å². The van der Waals surface area contributed by atoms with E-state index in [4.69, 9.17) is 28.4 Å². The zero-order valence-electron chi connectivity index (χ0n) is 47.5. The number of nitrogens with zero attached hydrogens (tertiary/aromatic N) is 2. The Morgan fingerprint density at radius 2 is 1.43 bits per heavy atom. The van der Waals surface area contributed by atoms with Crippen LogP contribution in [0.2, 0.25) is 16.6 Å². The van der Waals surface area contributed by atoms with Crippen molar-refractivity contribution in [3.05, 3.63) is 72.3 Å². The quantitative estimate of drug-likeness (QED) is 0.0344. The van der Waals surface area contributed by atoms with Crippen LogP contribution in [-0.4, -0.2) is 124 Å². The fraction of sp³-hybridized carbons (Fsp3) is 0.655. The maximum Gasteiger partial charge on any atom is 0.407 e. The van der Waals surface area contributed by atoms with Crippen molar-refractivity contribution in [2.24, 2.45) is 22.2 Å². The second kappa shape index (κ2) is 27.5. The molecule has 0 fully saturated rings. The van der Waals surface area contributed by atoms with Crippen molar-refractivity contribution in [2.45, 2.75) is 187 Å². The molecule has 2 aliphatic rings. The summed E-state index contributed by atoms with van der Waals surface area (Å²) >= 11 is 1.37. The third-order valence-corrected chi connectivity index (χ3v) is 23.0. The number of hydrogen-bond acceptors (Lipinski definition) is 12. The first kappa shape index (κ1) is 62.0. The SMILES string of the molecule is C=CCOC(=O)C(C)(C)[C@@H](OC(=O)[C@H](C)NC(=O)[C@H]([C@@H](C)CCO[Si](C(C)C)(C(C)C)C(C)C)N(C)C(=O)[C@]1(C)CSC(C(C)NC(=O)OCC2c3ccccc3-c3ccccc32)=N1)[C@H](C)CC[C@H](CCC)OC. The van der Waals surface area contributed by atoms with Gasteiger partial charge in [-0.05, 0) is 111 Å². The van der Waals surface area contributed by atoms with Crippen LogP contribution in [0, 0.1) is 17.3 Å². The molecule has 2 aromatic carbocycles. The van der Waals surface area contributed by atoms with Crippen LogP contribution in [0.5, 0.6) is 0 Å². The number of carbonyl (C=O) groups is 5. The van der Waals surface area contributed by atoms with E-state index in [2.05, 4.69) is 89.9 Å². The number of likely N-dealkylation sites (N-methyl/N-ethyl adjacent to an activating group) is 1. The van der Waals surface area contributed by atoms with Crippen LogP contribution in [0.25, 0.3) is 11.1 Å². The van der Waals surface area contributed by atoms with Crippen molar-refractivity contribution < 1.29 is 47.3 Å². The fourth-order valence-corrected chi connectivity index (χ4v) is 18.1. The molecule has 412 valence electrons. The molecule has 2 aromatic rings. The molecule has 2 N–H and O–H groups in total. The Morgan fingerprint density at radius 1 is 0.851 bits per heavy atom. The number of benzene rings is 2. The lowest BCUT2D eigenvalue weighted by atomic mass is 9.78. The molecule has 0 radical (unpaired) electrons. The molecule has 4 rings (SSSR count). The van der Waals surface area contributed by atoms with Crippen LogP contribution in [-0.2, 0) is 42.6 Å². The molecule has 8 atom stereocenters. The Bertz CT molecular complexity index is 2200. The number of alkyl carbamates (subject to hydrolysis) is 1. The van der Waals surface area contributed by atoms with Gasteiger partial charge < -0.3 is 38.9 Å². The third-order valence-electron chi connectivity index (χ3n) is 15.5. The molecule has 3 amide bonds. The number of carbonyl (C=O) groups excluding carboxylic acids is 5. The van der Waals surface area contributed by atoms with Gasteiger partial charge in [0.15, 0.2) is 8.32 Å². The highest BCUT2D eigenvalue weighted by atomic mass is 32.2. The van der Waals surface area contributed by atoms with Gasteiger partial charge >= 0.3 is 18.0 Å². The average Bonchev–Trinajstić information content (AvgIpc) is 3.92. The summed E-state index contributed by atoms with van der Waals surface area (Å²) in [6.45, 7) is 32.0. The molecule has 1 aliphatic carbocycles. The molecular weight excluding hydrogens is 973 g/mol. The van der Waals surface area contributed by atoms with Crippen LogP contribution in [0.3, 0.4) is 0 Å². The molecule has 1 aliphatic heterocycles. The van der Waals surface area contributed by atoms with Crippen molar-refractivity contribution in [1.82, 2.24) is 15.5 Å². The smallest absolute Gasteiger partial charge is 0.407 e. The van der Waals surface area contributed by atoms with Gasteiger partial charge in [0.1, 0.15) is 36.9 Å². The summed E-state index contributed by atoms with van der Waals surface area (Å²) in [4.78, 5) is 77.1. The van der Waals surface area contributed by atoms with Crippen molar-refractivity contribution in [3.8, 4) is 11.1 Å². The highest BCUT2D eigenvalue weighted by Crippen LogP contribution is 2.45. The van der Waals surface area contributed by atoms with E-state index < -0.39 is 79.3 Å². The number of nitrogens with one attached hydrogen (secondary N) is 2. The number of methoxy groups -OCH3 is 1. The molecule has 16 heteroatoms. The maximum atomic E-state index is 14.9. The fourth-order valence-electron chi connectivity index (χ4n) is 11.4. The zero-order valence-corrected chi connectivity index (χ0v) is 49.3. The highest BCUT2D eigenvalue weighted by Gasteiger charge is 2.48. The second-order valence-corrected chi connectivity index (χ2v) is 28.9. The summed E-state index contributed by atoms with van der Waals surface area (Å²) in [7, 11) is 1.01. The number of aliphatic imine (C=N–C) groups is 1. The minimum atomic E-state index is -2.27. The molecular formula is C58H90N4O10SSi. The lowest BCUT2D eigenvalue weighted by molar-refractivity contribution is -0.176. The number of thioether (sulfide) groups is 1. The summed E-state index contributed by atoms with van der Waals surface area (Å²) in [5, 5.41) is 6.38. The van der Waals surface area contributed by atoms with Gasteiger partial charge in [-0.2, -0.15) is 0 Å². The first-order valence-electron chi connectivity index (χ1n) is 26.9. The number of rotatable bonds is 29. The van der Waals surface area contributed by atoms with E-state index in [0.717, 1.165) is 35.1 Å². The van der Waals surface area contributed by atoms with Gasteiger partial charge in [0.2, 0.25) is 5.91 Å². The van der Waals surface area contributed by atoms with Crippen molar-refractivity contribution >= 4 is 55.0 Å². The third kappa shape index (κ3) is 14.7. The van der Waals surface area contributed by atoms with E-state index >= 15 is 0 Å². The molecule has 0 saturated carbocycles. The molecule has 0 bridgehead atoms. The second-order valence-electron chi connectivity index (χ2n) is 22.4. The van der Waals surface area contributed by atoms with Crippen LogP contribution < -0.4 is 10.6 Å². The van der Waals surface area contributed by atoms with E-state index in [1.165, 1.54) is 22.7 Å². The normalized spacial score (nSPS) is 18.6. The van der Waals surface area contributed by atoms with E-state index in [1.54, 1.807) is 48.8 Å².